The van der Waals surface area contributed by atoms with Crippen LogP contribution in [0, 0.1) is 11.7 Å². The summed E-state index contributed by atoms with van der Waals surface area (Å²) in [6.45, 7) is 0. The second kappa shape index (κ2) is 8.10. The van der Waals surface area contributed by atoms with E-state index in [0.717, 1.165) is 31.0 Å². The van der Waals surface area contributed by atoms with Gasteiger partial charge in [0.2, 0.25) is 11.8 Å². The standard InChI is InChI=1S/C20H18F4N2O3/c1-29-17-7-2-11(8-15(17)21)9-18(27)26-16-6-5-13(10-14(16)20(22,23)24)25-19(28)12-3-4-12/h2,5-8,10,12H,3-4,9H2,1H3,(H,25,28)(H,26,27). The van der Waals surface area contributed by atoms with E-state index in [2.05, 4.69) is 10.6 Å². The molecule has 2 aromatic rings. The van der Waals surface area contributed by atoms with Gasteiger partial charge in [0, 0.05) is 11.6 Å². The largest absolute Gasteiger partial charge is 0.494 e. The van der Waals surface area contributed by atoms with Gasteiger partial charge in [-0.15, -0.1) is 0 Å². The summed E-state index contributed by atoms with van der Waals surface area (Å²) < 4.78 is 58.8. The molecule has 0 unspecified atom stereocenters. The minimum atomic E-state index is -4.74. The molecule has 1 aliphatic carbocycles. The van der Waals surface area contributed by atoms with Crippen molar-refractivity contribution >= 4 is 23.2 Å². The quantitative estimate of drug-likeness (QED) is 0.695. The fraction of sp³-hybridized carbons (Fsp3) is 0.300. The van der Waals surface area contributed by atoms with Crippen LogP contribution in [0.1, 0.15) is 24.0 Å². The van der Waals surface area contributed by atoms with Crippen molar-refractivity contribution in [3.8, 4) is 5.75 Å². The smallest absolute Gasteiger partial charge is 0.418 e. The van der Waals surface area contributed by atoms with E-state index in [0.29, 0.717) is 0 Å². The zero-order chi connectivity index (χ0) is 21.2. The number of carbonyl (C=O) groups is 2. The lowest BCUT2D eigenvalue weighted by atomic mass is 10.1. The van der Waals surface area contributed by atoms with Crippen molar-refractivity contribution in [2.45, 2.75) is 25.4 Å². The normalized spacial score (nSPS) is 13.7. The molecule has 1 fully saturated rings. The number of rotatable bonds is 6. The summed E-state index contributed by atoms with van der Waals surface area (Å²) in [6, 6.07) is 7.01. The number of carbonyl (C=O) groups excluding carboxylic acids is 2. The Morgan fingerprint density at radius 1 is 1.10 bits per heavy atom. The Morgan fingerprint density at radius 2 is 1.83 bits per heavy atom. The summed E-state index contributed by atoms with van der Waals surface area (Å²) in [6.07, 6.45) is -3.62. The van der Waals surface area contributed by atoms with E-state index in [1.807, 2.05) is 0 Å². The summed E-state index contributed by atoms with van der Waals surface area (Å²) in [5.41, 5.74) is -1.24. The minimum Gasteiger partial charge on any atom is -0.494 e. The Kier molecular flexibility index (Phi) is 5.76. The highest BCUT2D eigenvalue weighted by atomic mass is 19.4. The Hall–Kier alpha value is -3.10. The topological polar surface area (TPSA) is 67.4 Å². The fourth-order valence-electron chi connectivity index (χ4n) is 2.76. The SMILES string of the molecule is COc1ccc(CC(=O)Nc2ccc(NC(=O)C3CC3)cc2C(F)(F)F)cc1F. The third-order valence-corrected chi connectivity index (χ3v) is 4.40. The molecule has 9 heteroatoms. The van der Waals surface area contributed by atoms with Gasteiger partial charge in [-0.25, -0.2) is 4.39 Å². The van der Waals surface area contributed by atoms with Crippen LogP contribution in [0.2, 0.25) is 0 Å². The van der Waals surface area contributed by atoms with Gasteiger partial charge >= 0.3 is 6.18 Å². The molecule has 0 saturated heterocycles. The van der Waals surface area contributed by atoms with Gasteiger partial charge in [-0.3, -0.25) is 9.59 Å². The lowest BCUT2D eigenvalue weighted by molar-refractivity contribution is -0.137. The molecule has 29 heavy (non-hydrogen) atoms. The molecule has 1 aliphatic rings. The van der Waals surface area contributed by atoms with Crippen molar-refractivity contribution in [1.29, 1.82) is 0 Å². The predicted molar refractivity (Wildman–Crippen MR) is 98.1 cm³/mol. The fourth-order valence-corrected chi connectivity index (χ4v) is 2.76. The highest BCUT2D eigenvalue weighted by molar-refractivity contribution is 5.96. The van der Waals surface area contributed by atoms with E-state index in [4.69, 9.17) is 4.74 Å². The maximum Gasteiger partial charge on any atom is 0.418 e. The summed E-state index contributed by atoms with van der Waals surface area (Å²) in [4.78, 5) is 24.0. The zero-order valence-electron chi connectivity index (χ0n) is 15.4. The number of hydrogen-bond acceptors (Lipinski definition) is 3. The molecule has 0 aromatic heterocycles. The van der Waals surface area contributed by atoms with E-state index in [-0.39, 0.29) is 35.2 Å². The van der Waals surface area contributed by atoms with E-state index < -0.39 is 29.2 Å². The van der Waals surface area contributed by atoms with Crippen molar-refractivity contribution in [2.75, 3.05) is 17.7 Å². The second-order valence-electron chi connectivity index (χ2n) is 6.72. The number of hydrogen-bond donors (Lipinski definition) is 2. The number of anilines is 2. The van der Waals surface area contributed by atoms with Crippen molar-refractivity contribution in [2.24, 2.45) is 5.92 Å². The molecular weight excluding hydrogens is 392 g/mol. The van der Waals surface area contributed by atoms with E-state index >= 15 is 0 Å². The van der Waals surface area contributed by atoms with Gasteiger partial charge in [-0.2, -0.15) is 13.2 Å². The molecule has 0 spiro atoms. The first-order valence-corrected chi connectivity index (χ1v) is 8.81. The number of benzene rings is 2. The third-order valence-electron chi connectivity index (χ3n) is 4.40. The molecule has 0 radical (unpaired) electrons. The van der Waals surface area contributed by atoms with Crippen LogP contribution in [0.5, 0.6) is 5.75 Å². The van der Waals surface area contributed by atoms with Crippen LogP contribution in [0.3, 0.4) is 0 Å². The van der Waals surface area contributed by atoms with Crippen LogP contribution in [-0.4, -0.2) is 18.9 Å². The van der Waals surface area contributed by atoms with Crippen LogP contribution in [0.25, 0.3) is 0 Å². The summed E-state index contributed by atoms with van der Waals surface area (Å²) in [7, 11) is 1.29. The first-order chi connectivity index (χ1) is 13.7. The molecule has 2 N–H and O–H groups in total. The number of ether oxygens (including phenoxy) is 1. The Morgan fingerprint density at radius 3 is 2.41 bits per heavy atom. The van der Waals surface area contributed by atoms with E-state index in [9.17, 15) is 27.2 Å². The third kappa shape index (κ3) is 5.24. The van der Waals surface area contributed by atoms with Crippen molar-refractivity contribution in [3.05, 3.63) is 53.3 Å². The highest BCUT2D eigenvalue weighted by Gasteiger charge is 2.35. The maximum absolute atomic E-state index is 13.7. The molecule has 1 saturated carbocycles. The van der Waals surface area contributed by atoms with Crippen LogP contribution in [-0.2, 0) is 22.2 Å². The Balaban J connectivity index is 1.75. The van der Waals surface area contributed by atoms with Gasteiger partial charge in [0.1, 0.15) is 0 Å². The number of methoxy groups -OCH3 is 1. The van der Waals surface area contributed by atoms with Gasteiger partial charge in [0.25, 0.3) is 0 Å². The molecular formula is C20H18F4N2O3. The Bertz CT molecular complexity index is 940. The van der Waals surface area contributed by atoms with Gasteiger partial charge < -0.3 is 15.4 Å². The minimum absolute atomic E-state index is 0.00245. The second-order valence-corrected chi connectivity index (χ2v) is 6.72. The molecule has 5 nitrogen and oxygen atoms in total. The van der Waals surface area contributed by atoms with Gasteiger partial charge in [-0.1, -0.05) is 6.07 Å². The van der Waals surface area contributed by atoms with Gasteiger partial charge in [0.15, 0.2) is 11.6 Å². The number of alkyl halides is 3. The summed E-state index contributed by atoms with van der Waals surface area (Å²) >= 11 is 0. The summed E-state index contributed by atoms with van der Waals surface area (Å²) in [5, 5.41) is 4.65. The lowest BCUT2D eigenvalue weighted by Gasteiger charge is -2.16. The maximum atomic E-state index is 13.7. The van der Waals surface area contributed by atoms with Crippen molar-refractivity contribution < 1.29 is 31.9 Å². The van der Waals surface area contributed by atoms with Crippen molar-refractivity contribution in [1.82, 2.24) is 0 Å². The lowest BCUT2D eigenvalue weighted by Crippen LogP contribution is -2.19. The Labute approximate surface area is 164 Å². The van der Waals surface area contributed by atoms with Crippen LogP contribution >= 0.6 is 0 Å². The monoisotopic (exact) mass is 410 g/mol. The molecule has 0 heterocycles. The molecule has 2 aromatic carbocycles. The average Bonchev–Trinajstić information content (AvgIpc) is 3.47. The molecule has 0 atom stereocenters. The predicted octanol–water partition coefficient (Wildman–Crippen LogP) is 4.38. The van der Waals surface area contributed by atoms with Crippen LogP contribution in [0.15, 0.2) is 36.4 Å². The molecule has 3 rings (SSSR count). The van der Waals surface area contributed by atoms with Crippen LogP contribution < -0.4 is 15.4 Å². The molecule has 154 valence electrons. The van der Waals surface area contributed by atoms with E-state index in [1.54, 1.807) is 0 Å². The highest BCUT2D eigenvalue weighted by Crippen LogP contribution is 2.37. The first-order valence-electron chi connectivity index (χ1n) is 8.81. The molecule has 0 bridgehead atoms. The molecule has 2 amide bonds. The first kappa shape index (κ1) is 20.6. The molecule has 0 aliphatic heterocycles. The number of amides is 2. The van der Waals surface area contributed by atoms with Crippen molar-refractivity contribution in [3.63, 3.8) is 0 Å². The average molecular weight is 410 g/mol. The van der Waals surface area contributed by atoms with E-state index in [1.165, 1.54) is 25.3 Å². The van der Waals surface area contributed by atoms with Gasteiger partial charge in [-0.05, 0) is 48.7 Å². The summed E-state index contributed by atoms with van der Waals surface area (Å²) in [5.74, 6) is -1.90. The number of nitrogens with one attached hydrogen (secondary N) is 2. The number of halogens is 4. The van der Waals surface area contributed by atoms with Gasteiger partial charge in [0.05, 0.1) is 24.8 Å². The van der Waals surface area contributed by atoms with Crippen LogP contribution in [0.4, 0.5) is 28.9 Å². The zero-order valence-corrected chi connectivity index (χ0v) is 15.4.